The Labute approximate surface area is 104 Å². The van der Waals surface area contributed by atoms with E-state index in [2.05, 4.69) is 12.2 Å². The summed E-state index contributed by atoms with van der Waals surface area (Å²) in [5, 5.41) is 3.79. The van der Waals surface area contributed by atoms with Crippen LogP contribution in [-0.4, -0.2) is 24.0 Å². The minimum atomic E-state index is -0.101. The summed E-state index contributed by atoms with van der Waals surface area (Å²) in [7, 11) is 0. The third-order valence-electron chi connectivity index (χ3n) is 2.47. The van der Waals surface area contributed by atoms with Crippen LogP contribution in [0.2, 0.25) is 10.0 Å². The molecular formula is C11H12Cl2N2O. The van der Waals surface area contributed by atoms with Crippen molar-refractivity contribution < 1.29 is 4.79 Å². The van der Waals surface area contributed by atoms with E-state index in [0.717, 1.165) is 13.1 Å². The van der Waals surface area contributed by atoms with Gasteiger partial charge in [-0.05, 0) is 24.1 Å². The molecule has 1 aromatic carbocycles. The summed E-state index contributed by atoms with van der Waals surface area (Å²) < 4.78 is 0. The molecule has 0 radical (unpaired) electrons. The van der Waals surface area contributed by atoms with E-state index in [-0.39, 0.29) is 6.03 Å². The number of carbonyl (C=O) groups excluding carboxylic acids is 1. The van der Waals surface area contributed by atoms with Crippen molar-refractivity contribution in [2.24, 2.45) is 5.92 Å². The van der Waals surface area contributed by atoms with Gasteiger partial charge in [-0.15, -0.1) is 0 Å². The van der Waals surface area contributed by atoms with E-state index in [1.165, 1.54) is 0 Å². The minimum Gasteiger partial charge on any atom is -0.324 e. The van der Waals surface area contributed by atoms with Gasteiger partial charge >= 0.3 is 6.03 Å². The summed E-state index contributed by atoms with van der Waals surface area (Å²) >= 11 is 11.7. The first-order valence-electron chi connectivity index (χ1n) is 5.06. The Balaban J connectivity index is 2.00. The van der Waals surface area contributed by atoms with Gasteiger partial charge in [0.15, 0.2) is 0 Å². The smallest absolute Gasteiger partial charge is 0.321 e. The highest BCUT2D eigenvalue weighted by Gasteiger charge is 2.26. The Morgan fingerprint density at radius 2 is 1.88 bits per heavy atom. The number of rotatable bonds is 1. The van der Waals surface area contributed by atoms with Crippen LogP contribution >= 0.6 is 23.2 Å². The molecule has 1 aromatic rings. The Kier molecular flexibility index (Phi) is 3.26. The van der Waals surface area contributed by atoms with Crippen LogP contribution < -0.4 is 5.32 Å². The number of halogens is 2. The molecule has 0 spiro atoms. The first-order valence-corrected chi connectivity index (χ1v) is 5.82. The number of carbonyl (C=O) groups is 1. The maximum absolute atomic E-state index is 11.7. The van der Waals surface area contributed by atoms with E-state index in [1.807, 2.05) is 0 Å². The molecule has 86 valence electrons. The van der Waals surface area contributed by atoms with Crippen LogP contribution in [0.25, 0.3) is 0 Å². The molecule has 2 amide bonds. The molecule has 1 aliphatic rings. The van der Waals surface area contributed by atoms with Crippen molar-refractivity contribution >= 4 is 34.9 Å². The number of nitrogens with one attached hydrogen (secondary N) is 1. The van der Waals surface area contributed by atoms with Crippen molar-refractivity contribution in [2.45, 2.75) is 6.92 Å². The zero-order chi connectivity index (χ0) is 11.7. The van der Waals surface area contributed by atoms with E-state index in [4.69, 9.17) is 23.2 Å². The monoisotopic (exact) mass is 258 g/mol. The van der Waals surface area contributed by atoms with E-state index in [9.17, 15) is 4.79 Å². The van der Waals surface area contributed by atoms with Crippen LogP contribution in [-0.2, 0) is 0 Å². The van der Waals surface area contributed by atoms with E-state index in [1.54, 1.807) is 23.1 Å². The standard InChI is InChI=1S/C11H12Cl2N2O/c1-7-5-15(6-7)11(16)14-10-3-8(12)2-9(13)4-10/h2-4,7H,5-6H2,1H3,(H,14,16). The Bertz CT molecular complexity index is 396. The van der Waals surface area contributed by atoms with Gasteiger partial charge in [-0.3, -0.25) is 0 Å². The number of urea groups is 1. The molecule has 1 saturated heterocycles. The molecule has 5 heteroatoms. The summed E-state index contributed by atoms with van der Waals surface area (Å²) in [4.78, 5) is 13.4. The molecule has 1 fully saturated rings. The maximum Gasteiger partial charge on any atom is 0.321 e. The number of amides is 2. The lowest BCUT2D eigenvalue weighted by Gasteiger charge is -2.36. The quantitative estimate of drug-likeness (QED) is 0.822. The zero-order valence-electron chi connectivity index (χ0n) is 8.84. The van der Waals surface area contributed by atoms with Gasteiger partial charge in [0.25, 0.3) is 0 Å². The average molecular weight is 259 g/mol. The molecule has 0 atom stereocenters. The van der Waals surface area contributed by atoms with Gasteiger partial charge in [0.05, 0.1) is 0 Å². The highest BCUT2D eigenvalue weighted by atomic mass is 35.5. The predicted octanol–water partition coefficient (Wildman–Crippen LogP) is 3.48. The van der Waals surface area contributed by atoms with Gasteiger partial charge < -0.3 is 10.2 Å². The average Bonchev–Trinajstić information content (AvgIpc) is 2.10. The lowest BCUT2D eigenvalue weighted by atomic mass is 10.0. The Morgan fingerprint density at radius 1 is 1.31 bits per heavy atom. The normalized spacial score (nSPS) is 15.8. The summed E-state index contributed by atoms with van der Waals surface area (Å²) in [6, 6.07) is 4.88. The van der Waals surface area contributed by atoms with Crippen LogP contribution in [0.15, 0.2) is 18.2 Å². The molecule has 0 aliphatic carbocycles. The molecule has 1 aliphatic heterocycles. The number of hydrogen-bond donors (Lipinski definition) is 1. The van der Waals surface area contributed by atoms with Gasteiger partial charge in [0, 0.05) is 28.8 Å². The molecule has 2 rings (SSSR count). The Morgan fingerprint density at radius 3 is 2.38 bits per heavy atom. The molecule has 0 aromatic heterocycles. The summed E-state index contributed by atoms with van der Waals surface area (Å²) in [6.45, 7) is 3.72. The molecular weight excluding hydrogens is 247 g/mol. The second-order valence-corrected chi connectivity index (χ2v) is 4.97. The Hall–Kier alpha value is -0.930. The number of benzene rings is 1. The van der Waals surface area contributed by atoms with Gasteiger partial charge in [-0.2, -0.15) is 0 Å². The van der Waals surface area contributed by atoms with Crippen LogP contribution in [0.5, 0.6) is 0 Å². The van der Waals surface area contributed by atoms with Crippen molar-refractivity contribution in [3.05, 3.63) is 28.2 Å². The topological polar surface area (TPSA) is 32.3 Å². The third-order valence-corrected chi connectivity index (χ3v) is 2.90. The second-order valence-electron chi connectivity index (χ2n) is 4.10. The van der Waals surface area contributed by atoms with Gasteiger partial charge in [0.2, 0.25) is 0 Å². The predicted molar refractivity (Wildman–Crippen MR) is 66.2 cm³/mol. The van der Waals surface area contributed by atoms with E-state index >= 15 is 0 Å². The lowest BCUT2D eigenvalue weighted by molar-refractivity contribution is 0.141. The maximum atomic E-state index is 11.7. The fourth-order valence-electron chi connectivity index (χ4n) is 1.69. The number of anilines is 1. The van der Waals surface area contributed by atoms with Gasteiger partial charge in [-0.1, -0.05) is 30.1 Å². The fraction of sp³-hybridized carbons (Fsp3) is 0.364. The number of likely N-dealkylation sites (tertiary alicyclic amines) is 1. The van der Waals surface area contributed by atoms with Crippen LogP contribution in [0.4, 0.5) is 10.5 Å². The van der Waals surface area contributed by atoms with Crippen LogP contribution in [0.1, 0.15) is 6.92 Å². The van der Waals surface area contributed by atoms with Crippen molar-refractivity contribution in [1.29, 1.82) is 0 Å². The van der Waals surface area contributed by atoms with Crippen molar-refractivity contribution in [2.75, 3.05) is 18.4 Å². The summed E-state index contributed by atoms with van der Waals surface area (Å²) in [5.74, 6) is 0.591. The summed E-state index contributed by atoms with van der Waals surface area (Å²) in [5.41, 5.74) is 0.627. The van der Waals surface area contributed by atoms with Gasteiger partial charge in [0.1, 0.15) is 0 Å². The van der Waals surface area contributed by atoms with Gasteiger partial charge in [-0.25, -0.2) is 4.79 Å². The lowest BCUT2D eigenvalue weighted by Crippen LogP contribution is -2.50. The third kappa shape index (κ3) is 2.60. The highest BCUT2D eigenvalue weighted by Crippen LogP contribution is 2.23. The zero-order valence-corrected chi connectivity index (χ0v) is 10.3. The molecule has 16 heavy (non-hydrogen) atoms. The molecule has 0 unspecified atom stereocenters. The number of nitrogens with zero attached hydrogens (tertiary/aromatic N) is 1. The SMILES string of the molecule is CC1CN(C(=O)Nc2cc(Cl)cc(Cl)c2)C1. The molecule has 1 N–H and O–H groups in total. The van der Waals surface area contributed by atoms with Crippen molar-refractivity contribution in [3.63, 3.8) is 0 Å². The van der Waals surface area contributed by atoms with Crippen molar-refractivity contribution in [1.82, 2.24) is 4.90 Å². The minimum absolute atomic E-state index is 0.101. The molecule has 3 nitrogen and oxygen atoms in total. The summed E-state index contributed by atoms with van der Waals surface area (Å²) in [6.07, 6.45) is 0. The number of hydrogen-bond acceptors (Lipinski definition) is 1. The molecule has 1 heterocycles. The molecule has 0 bridgehead atoms. The fourth-order valence-corrected chi connectivity index (χ4v) is 2.22. The second kappa shape index (κ2) is 4.52. The van der Waals surface area contributed by atoms with E-state index < -0.39 is 0 Å². The first-order chi connectivity index (χ1) is 7.54. The first kappa shape index (κ1) is 11.6. The molecule has 0 saturated carbocycles. The van der Waals surface area contributed by atoms with Crippen LogP contribution in [0.3, 0.4) is 0 Å². The van der Waals surface area contributed by atoms with Crippen molar-refractivity contribution in [3.8, 4) is 0 Å². The van der Waals surface area contributed by atoms with E-state index in [0.29, 0.717) is 21.7 Å². The largest absolute Gasteiger partial charge is 0.324 e. The highest BCUT2D eigenvalue weighted by molar-refractivity contribution is 6.35. The van der Waals surface area contributed by atoms with Crippen LogP contribution in [0, 0.1) is 5.92 Å².